The first-order valence-corrected chi connectivity index (χ1v) is 15.0. The zero-order valence-corrected chi connectivity index (χ0v) is 25.6. The Hall–Kier alpha value is -0.530. The molecule has 0 aliphatic heterocycles. The summed E-state index contributed by atoms with van der Waals surface area (Å²) < 4.78 is 5.12. The van der Waals surface area contributed by atoms with Crippen LogP contribution in [0.2, 0.25) is 0 Å². The van der Waals surface area contributed by atoms with E-state index in [4.69, 9.17) is 4.74 Å². The molecule has 2 nitrogen and oxygen atoms in total. The van der Waals surface area contributed by atoms with E-state index in [1.807, 2.05) is 6.92 Å². The Morgan fingerprint density at radius 3 is 1.15 bits per heavy atom. The van der Waals surface area contributed by atoms with Gasteiger partial charge < -0.3 is 4.74 Å². The molecule has 0 rings (SSSR count). The molecule has 0 radical (unpaired) electrons. The van der Waals surface area contributed by atoms with Gasteiger partial charge in [-0.1, -0.05) is 166 Å². The van der Waals surface area contributed by atoms with E-state index in [1.54, 1.807) is 0 Å². The zero-order chi connectivity index (χ0) is 26.6. The van der Waals surface area contributed by atoms with Crippen molar-refractivity contribution in [3.05, 3.63) is 0 Å². The molecule has 0 saturated carbocycles. The Bertz CT molecular complexity index is 270. The fourth-order valence-corrected chi connectivity index (χ4v) is 2.05. The van der Waals surface area contributed by atoms with Gasteiger partial charge in [-0.05, 0) is 18.8 Å². The summed E-state index contributed by atoms with van der Waals surface area (Å²) in [5, 5.41) is 0. The molecule has 0 aromatic carbocycles. The summed E-state index contributed by atoms with van der Waals surface area (Å²) >= 11 is 0. The SMILES string of the molecule is CCC.CCC.CCC(C)C.CCCC.CCCCCCCCCCCCOC(=O)CCC. The minimum absolute atomic E-state index is 0.0339. The lowest BCUT2D eigenvalue weighted by Gasteiger charge is -2.04. The second-order valence-electron chi connectivity index (χ2n) is 9.37. The van der Waals surface area contributed by atoms with Crippen molar-refractivity contribution in [1.29, 1.82) is 0 Å². The first-order valence-electron chi connectivity index (χ1n) is 15.0. The lowest BCUT2D eigenvalue weighted by Crippen LogP contribution is -2.04. The average Bonchev–Trinajstić information content (AvgIpc) is 2.79. The predicted molar refractivity (Wildman–Crippen MR) is 155 cm³/mol. The highest BCUT2D eigenvalue weighted by molar-refractivity contribution is 5.69. The number of ether oxygens (including phenoxy) is 1. The molecule has 0 unspecified atom stereocenters. The minimum atomic E-state index is -0.0339. The van der Waals surface area contributed by atoms with Gasteiger partial charge in [0.05, 0.1) is 6.61 Å². The van der Waals surface area contributed by atoms with Crippen LogP contribution in [0.3, 0.4) is 0 Å². The first kappa shape index (κ1) is 42.6. The van der Waals surface area contributed by atoms with Crippen molar-refractivity contribution in [2.24, 2.45) is 5.92 Å². The van der Waals surface area contributed by atoms with Crippen LogP contribution in [0, 0.1) is 5.92 Å². The maximum Gasteiger partial charge on any atom is 0.305 e. The summed E-state index contributed by atoms with van der Waals surface area (Å²) in [5.41, 5.74) is 0. The first-order chi connectivity index (χ1) is 15.8. The number of esters is 1. The van der Waals surface area contributed by atoms with Crippen molar-refractivity contribution in [2.75, 3.05) is 6.61 Å². The molecule has 206 valence electrons. The molecule has 0 aliphatic carbocycles. The van der Waals surface area contributed by atoms with Crippen molar-refractivity contribution in [3.8, 4) is 0 Å². The molecule has 0 heterocycles. The number of rotatable bonds is 15. The molecule has 2 heteroatoms. The van der Waals surface area contributed by atoms with Crippen molar-refractivity contribution in [1.82, 2.24) is 0 Å². The molecule has 0 spiro atoms. The van der Waals surface area contributed by atoms with Crippen molar-refractivity contribution in [3.63, 3.8) is 0 Å². The summed E-state index contributed by atoms with van der Waals surface area (Å²) in [6.07, 6.45) is 21.1. The van der Waals surface area contributed by atoms with E-state index in [-0.39, 0.29) is 5.97 Å². The fraction of sp³-hybridized carbons (Fsp3) is 0.968. The Labute approximate surface area is 213 Å². The van der Waals surface area contributed by atoms with Gasteiger partial charge in [-0.3, -0.25) is 4.79 Å². The molecule has 0 aromatic rings. The molecule has 0 bridgehead atoms. The van der Waals surface area contributed by atoms with Gasteiger partial charge in [0.1, 0.15) is 0 Å². The minimum Gasteiger partial charge on any atom is -0.466 e. The van der Waals surface area contributed by atoms with Crippen molar-refractivity contribution in [2.45, 2.75) is 185 Å². The van der Waals surface area contributed by atoms with Crippen LogP contribution < -0.4 is 0 Å². The third-order valence-corrected chi connectivity index (χ3v) is 4.53. The number of carbonyl (C=O) groups is 1. The zero-order valence-electron chi connectivity index (χ0n) is 25.6. The smallest absolute Gasteiger partial charge is 0.305 e. The standard InChI is InChI=1S/C16H32O2.C5H12.C4H10.2C3H8/c1-3-5-6-7-8-9-10-11-12-13-15-18-16(17)14-4-2;1-4-5(2)3;1-3-4-2;2*1-3-2/h3-15H2,1-2H3;5H,4H2,1-3H3;3-4H2,1-2H3;2*3H2,1-2H3. The quantitative estimate of drug-likeness (QED) is 0.174. The van der Waals surface area contributed by atoms with E-state index >= 15 is 0 Å². The highest BCUT2D eigenvalue weighted by atomic mass is 16.5. The Kier molecular flexibility index (Phi) is 63.0. The Balaban J connectivity index is -0.000000141. The molecule has 0 saturated heterocycles. The van der Waals surface area contributed by atoms with Gasteiger partial charge in [0.2, 0.25) is 0 Å². The van der Waals surface area contributed by atoms with E-state index in [0.29, 0.717) is 13.0 Å². The lowest BCUT2D eigenvalue weighted by atomic mass is 10.1. The molecule has 0 fully saturated rings. The van der Waals surface area contributed by atoms with Crippen LogP contribution in [-0.4, -0.2) is 12.6 Å². The summed E-state index contributed by atoms with van der Waals surface area (Å²) in [5.74, 6) is 0.850. The van der Waals surface area contributed by atoms with Crippen LogP contribution in [-0.2, 0) is 9.53 Å². The van der Waals surface area contributed by atoms with E-state index in [2.05, 4.69) is 69.2 Å². The largest absolute Gasteiger partial charge is 0.466 e. The topological polar surface area (TPSA) is 26.3 Å². The average molecular weight is 475 g/mol. The summed E-state index contributed by atoms with van der Waals surface area (Å²) in [6, 6.07) is 0. The molecular formula is C31H70O2. The van der Waals surface area contributed by atoms with Gasteiger partial charge in [-0.2, -0.15) is 0 Å². The number of hydrogen-bond donors (Lipinski definition) is 0. The van der Waals surface area contributed by atoms with Crippen LogP contribution in [0.1, 0.15) is 185 Å². The third kappa shape index (κ3) is 80.1. The van der Waals surface area contributed by atoms with Gasteiger partial charge >= 0.3 is 5.97 Å². The van der Waals surface area contributed by atoms with Gasteiger partial charge in [0.25, 0.3) is 0 Å². The van der Waals surface area contributed by atoms with Crippen LogP contribution in [0.25, 0.3) is 0 Å². The normalized spacial score (nSPS) is 9.21. The Morgan fingerprint density at radius 1 is 0.545 bits per heavy atom. The van der Waals surface area contributed by atoms with Crippen LogP contribution in [0.5, 0.6) is 0 Å². The van der Waals surface area contributed by atoms with Crippen LogP contribution in [0.15, 0.2) is 0 Å². The van der Waals surface area contributed by atoms with E-state index in [1.165, 1.54) is 89.9 Å². The van der Waals surface area contributed by atoms with E-state index in [9.17, 15) is 4.79 Å². The van der Waals surface area contributed by atoms with Crippen molar-refractivity contribution >= 4 is 5.97 Å². The Morgan fingerprint density at radius 2 is 0.879 bits per heavy atom. The maximum absolute atomic E-state index is 11.1. The maximum atomic E-state index is 11.1. The molecule has 0 aliphatic rings. The predicted octanol–water partition coefficient (Wildman–Crippen LogP) is 11.9. The molecular weight excluding hydrogens is 404 g/mol. The molecule has 0 atom stereocenters. The van der Waals surface area contributed by atoms with Gasteiger partial charge in [-0.25, -0.2) is 0 Å². The summed E-state index contributed by atoms with van der Waals surface area (Å²) in [7, 11) is 0. The monoisotopic (exact) mass is 475 g/mol. The number of carbonyl (C=O) groups excluding carboxylic acids is 1. The molecule has 0 aromatic heterocycles. The van der Waals surface area contributed by atoms with Gasteiger partial charge in [-0.15, -0.1) is 0 Å². The third-order valence-electron chi connectivity index (χ3n) is 4.53. The van der Waals surface area contributed by atoms with E-state index < -0.39 is 0 Å². The van der Waals surface area contributed by atoms with Crippen LogP contribution in [0.4, 0.5) is 0 Å². The van der Waals surface area contributed by atoms with E-state index in [0.717, 1.165) is 18.8 Å². The molecule has 33 heavy (non-hydrogen) atoms. The second kappa shape index (κ2) is 48.8. The number of unbranched alkanes of at least 4 members (excludes halogenated alkanes) is 10. The summed E-state index contributed by atoms with van der Waals surface area (Å²) in [6.45, 7) is 24.4. The second-order valence-corrected chi connectivity index (χ2v) is 9.37. The van der Waals surface area contributed by atoms with Gasteiger partial charge in [0.15, 0.2) is 0 Å². The highest BCUT2D eigenvalue weighted by Gasteiger charge is 1.99. The lowest BCUT2D eigenvalue weighted by molar-refractivity contribution is -0.143. The van der Waals surface area contributed by atoms with Crippen molar-refractivity contribution < 1.29 is 9.53 Å². The number of hydrogen-bond acceptors (Lipinski definition) is 2. The highest BCUT2D eigenvalue weighted by Crippen LogP contribution is 2.10. The molecule has 0 amide bonds. The summed E-state index contributed by atoms with van der Waals surface area (Å²) in [4.78, 5) is 11.1. The van der Waals surface area contributed by atoms with Crippen LogP contribution >= 0.6 is 0 Å². The van der Waals surface area contributed by atoms with Gasteiger partial charge in [0, 0.05) is 6.42 Å². The fourth-order valence-electron chi connectivity index (χ4n) is 2.05. The molecule has 0 N–H and O–H groups in total.